The number of hydrogen-bond acceptors (Lipinski definition) is 6. The molecule has 0 aliphatic heterocycles. The van der Waals surface area contributed by atoms with E-state index in [9.17, 15) is 13.2 Å². The molecule has 8 nitrogen and oxygen atoms in total. The third kappa shape index (κ3) is 7.22. The highest BCUT2D eigenvalue weighted by Gasteiger charge is 2.21. The monoisotopic (exact) mass is 464 g/mol. The fraction of sp³-hybridized carbons (Fsp3) is 0.435. The van der Waals surface area contributed by atoms with E-state index < -0.39 is 15.9 Å². The maximum absolute atomic E-state index is 12.6. The van der Waals surface area contributed by atoms with E-state index in [0.717, 1.165) is 0 Å². The molecule has 0 spiro atoms. The van der Waals surface area contributed by atoms with Crippen molar-refractivity contribution >= 4 is 15.9 Å². The molecule has 0 saturated carbocycles. The van der Waals surface area contributed by atoms with Crippen LogP contribution in [0.1, 0.15) is 36.7 Å². The van der Waals surface area contributed by atoms with E-state index in [2.05, 4.69) is 30.8 Å². The first kappa shape index (κ1) is 25.6. The van der Waals surface area contributed by atoms with Gasteiger partial charge in [0.15, 0.2) is 0 Å². The van der Waals surface area contributed by atoms with Crippen LogP contribution in [-0.2, 0) is 20.2 Å². The first-order valence-corrected chi connectivity index (χ1v) is 11.7. The van der Waals surface area contributed by atoms with Gasteiger partial charge in [0.1, 0.15) is 23.0 Å². The number of amides is 1. The predicted octanol–water partition coefficient (Wildman–Crippen LogP) is 2.73. The molecule has 2 N–H and O–H groups in total. The molecule has 0 aliphatic carbocycles. The molecule has 0 atom stereocenters. The van der Waals surface area contributed by atoms with Crippen LogP contribution in [-0.4, -0.2) is 54.8 Å². The molecule has 176 valence electrons. The van der Waals surface area contributed by atoms with E-state index in [1.165, 1.54) is 38.0 Å². The van der Waals surface area contributed by atoms with Crippen LogP contribution in [0, 0.1) is 0 Å². The lowest BCUT2D eigenvalue weighted by atomic mass is 9.87. The van der Waals surface area contributed by atoms with Crippen LogP contribution in [0.5, 0.6) is 11.5 Å². The van der Waals surface area contributed by atoms with Crippen molar-refractivity contribution in [3.63, 3.8) is 0 Å². The average molecular weight is 465 g/mol. The van der Waals surface area contributed by atoms with Crippen molar-refractivity contribution in [3.05, 3.63) is 53.6 Å². The molecule has 2 aromatic rings. The Morgan fingerprint density at radius 1 is 0.969 bits per heavy atom. The van der Waals surface area contributed by atoms with Crippen molar-refractivity contribution in [2.75, 3.05) is 40.5 Å². The van der Waals surface area contributed by atoms with E-state index in [-0.39, 0.29) is 47.9 Å². The van der Waals surface area contributed by atoms with Crippen molar-refractivity contribution in [3.8, 4) is 11.5 Å². The number of carbonyl (C=O) groups is 1. The SMILES string of the molecule is COCCNS(=O)(=O)c1cc(C(=O)NCCOc2ccc(C(C)(C)C)cc2)ccc1OC. The lowest BCUT2D eigenvalue weighted by molar-refractivity contribution is 0.0946. The number of nitrogens with one attached hydrogen (secondary N) is 2. The van der Waals surface area contributed by atoms with Crippen LogP contribution in [0.2, 0.25) is 0 Å². The lowest BCUT2D eigenvalue weighted by Crippen LogP contribution is -2.30. The standard InChI is InChI=1S/C23H32N2O6S/c1-23(2,3)18-7-9-19(10-8-18)31-15-12-24-22(26)17-6-11-20(30-5)21(16-17)32(27,28)25-13-14-29-4/h6-11,16,25H,12-15H2,1-5H3,(H,24,26). The summed E-state index contributed by atoms with van der Waals surface area (Å²) >= 11 is 0. The van der Waals surface area contributed by atoms with Crippen molar-refractivity contribution < 1.29 is 27.4 Å². The molecular formula is C23H32N2O6S. The smallest absolute Gasteiger partial charge is 0.251 e. The maximum Gasteiger partial charge on any atom is 0.251 e. The molecule has 0 heterocycles. The normalized spacial score (nSPS) is 11.8. The van der Waals surface area contributed by atoms with Crippen LogP contribution in [0.25, 0.3) is 0 Å². The van der Waals surface area contributed by atoms with E-state index >= 15 is 0 Å². The van der Waals surface area contributed by atoms with E-state index in [4.69, 9.17) is 14.2 Å². The molecule has 0 unspecified atom stereocenters. The van der Waals surface area contributed by atoms with Gasteiger partial charge in [0.25, 0.3) is 5.91 Å². The van der Waals surface area contributed by atoms with Crippen LogP contribution in [0.3, 0.4) is 0 Å². The molecular weight excluding hydrogens is 432 g/mol. The van der Waals surface area contributed by atoms with Gasteiger partial charge < -0.3 is 19.5 Å². The van der Waals surface area contributed by atoms with Gasteiger partial charge in [0.05, 0.1) is 20.3 Å². The van der Waals surface area contributed by atoms with Gasteiger partial charge in [-0.05, 0) is 41.3 Å². The minimum atomic E-state index is -3.87. The molecule has 9 heteroatoms. The van der Waals surface area contributed by atoms with Crippen molar-refractivity contribution in [2.24, 2.45) is 0 Å². The summed E-state index contributed by atoms with van der Waals surface area (Å²) in [7, 11) is -1.02. The highest BCUT2D eigenvalue weighted by atomic mass is 32.2. The second-order valence-corrected chi connectivity index (χ2v) is 9.87. The van der Waals surface area contributed by atoms with Gasteiger partial charge in [0.2, 0.25) is 10.0 Å². The topological polar surface area (TPSA) is 103 Å². The summed E-state index contributed by atoms with van der Waals surface area (Å²) in [4.78, 5) is 12.4. The minimum Gasteiger partial charge on any atom is -0.495 e. The van der Waals surface area contributed by atoms with Gasteiger partial charge in [-0.3, -0.25) is 4.79 Å². The number of carbonyl (C=O) groups excluding carboxylic acids is 1. The van der Waals surface area contributed by atoms with Crippen LogP contribution in [0.15, 0.2) is 47.4 Å². The zero-order valence-electron chi connectivity index (χ0n) is 19.2. The Balaban J connectivity index is 1.97. The zero-order chi connectivity index (χ0) is 23.8. The average Bonchev–Trinajstić information content (AvgIpc) is 2.76. The molecule has 0 radical (unpaired) electrons. The number of sulfonamides is 1. The Hall–Kier alpha value is -2.62. The largest absolute Gasteiger partial charge is 0.495 e. The van der Waals surface area contributed by atoms with Crippen LogP contribution in [0.4, 0.5) is 0 Å². The quantitative estimate of drug-likeness (QED) is 0.496. The van der Waals surface area contributed by atoms with Gasteiger partial charge in [0, 0.05) is 19.2 Å². The Labute approximate surface area is 190 Å². The first-order chi connectivity index (χ1) is 15.1. The number of rotatable bonds is 11. The van der Waals surface area contributed by atoms with Gasteiger partial charge >= 0.3 is 0 Å². The van der Waals surface area contributed by atoms with Gasteiger partial charge in [-0.15, -0.1) is 0 Å². The Morgan fingerprint density at radius 3 is 2.25 bits per heavy atom. The van der Waals surface area contributed by atoms with E-state index in [1.54, 1.807) is 0 Å². The van der Waals surface area contributed by atoms with Crippen molar-refractivity contribution in [1.29, 1.82) is 0 Å². The van der Waals surface area contributed by atoms with E-state index in [0.29, 0.717) is 5.75 Å². The molecule has 2 aromatic carbocycles. The summed E-state index contributed by atoms with van der Waals surface area (Å²) in [5, 5.41) is 2.73. The highest BCUT2D eigenvalue weighted by molar-refractivity contribution is 7.89. The maximum atomic E-state index is 12.6. The Morgan fingerprint density at radius 2 is 1.66 bits per heavy atom. The highest BCUT2D eigenvalue weighted by Crippen LogP contribution is 2.25. The summed E-state index contributed by atoms with van der Waals surface area (Å²) in [6.45, 7) is 7.30. The lowest BCUT2D eigenvalue weighted by Gasteiger charge is -2.19. The summed E-state index contributed by atoms with van der Waals surface area (Å²) in [5.41, 5.74) is 1.48. The molecule has 0 saturated heterocycles. The molecule has 0 bridgehead atoms. The third-order valence-corrected chi connectivity index (χ3v) is 6.17. The fourth-order valence-corrected chi connectivity index (χ4v) is 4.08. The van der Waals surface area contributed by atoms with Gasteiger partial charge in [-0.1, -0.05) is 32.9 Å². The number of benzene rings is 2. The molecule has 0 aromatic heterocycles. The molecule has 0 fully saturated rings. The summed E-state index contributed by atoms with van der Waals surface area (Å²) in [6.07, 6.45) is 0. The molecule has 2 rings (SSSR count). The zero-order valence-corrected chi connectivity index (χ0v) is 20.0. The molecule has 32 heavy (non-hydrogen) atoms. The second-order valence-electron chi connectivity index (χ2n) is 8.13. The number of hydrogen-bond donors (Lipinski definition) is 2. The Bertz CT molecular complexity index is 998. The summed E-state index contributed by atoms with van der Waals surface area (Å²) < 4.78 is 43.2. The second kappa shape index (κ2) is 11.3. The van der Waals surface area contributed by atoms with Crippen LogP contribution < -0.4 is 19.5 Å². The van der Waals surface area contributed by atoms with Crippen LogP contribution >= 0.6 is 0 Å². The molecule has 1 amide bonds. The summed E-state index contributed by atoms with van der Waals surface area (Å²) in [5.74, 6) is 0.452. The number of ether oxygens (including phenoxy) is 3. The minimum absolute atomic E-state index is 0.0660. The molecule has 0 aliphatic rings. The van der Waals surface area contributed by atoms with Crippen molar-refractivity contribution in [2.45, 2.75) is 31.1 Å². The van der Waals surface area contributed by atoms with Gasteiger partial charge in [-0.25, -0.2) is 13.1 Å². The Kier molecular flexibility index (Phi) is 9.06. The predicted molar refractivity (Wildman–Crippen MR) is 123 cm³/mol. The fourth-order valence-electron chi connectivity index (χ4n) is 2.87. The third-order valence-electron chi connectivity index (χ3n) is 4.69. The van der Waals surface area contributed by atoms with Crippen molar-refractivity contribution in [1.82, 2.24) is 10.0 Å². The summed E-state index contributed by atoms with van der Waals surface area (Å²) in [6, 6.07) is 12.1. The number of methoxy groups -OCH3 is 2. The van der Waals surface area contributed by atoms with Gasteiger partial charge in [-0.2, -0.15) is 0 Å². The first-order valence-electron chi connectivity index (χ1n) is 10.3. The van der Waals surface area contributed by atoms with E-state index in [1.807, 2.05) is 24.3 Å².